The molecule has 4 rings (SSSR count). The molecule has 1 N–H and O–H groups in total. The van der Waals surface area contributed by atoms with E-state index in [0.717, 1.165) is 24.2 Å². The van der Waals surface area contributed by atoms with Gasteiger partial charge in [-0.05, 0) is 30.5 Å². The molecule has 0 saturated carbocycles. The van der Waals surface area contributed by atoms with Crippen LogP contribution in [-0.4, -0.2) is 59.6 Å². The first-order chi connectivity index (χ1) is 14.6. The molecule has 8 heteroatoms. The first-order valence-corrected chi connectivity index (χ1v) is 11.2. The van der Waals surface area contributed by atoms with Gasteiger partial charge in [0.05, 0.1) is 12.4 Å². The van der Waals surface area contributed by atoms with Crippen LogP contribution in [0.3, 0.4) is 0 Å². The van der Waals surface area contributed by atoms with Crippen molar-refractivity contribution in [2.24, 2.45) is 0 Å². The molecule has 0 bridgehead atoms. The summed E-state index contributed by atoms with van der Waals surface area (Å²) in [4.78, 5) is 39.9. The SMILES string of the molecule is O=C(NC(CSCc1ccccc1)C(=O)N1CCCC2OCC(=O)C21)c1ccco1. The van der Waals surface area contributed by atoms with E-state index in [0.29, 0.717) is 12.3 Å². The number of piperidine rings is 1. The first-order valence-electron chi connectivity index (χ1n) is 10.0. The van der Waals surface area contributed by atoms with Crippen LogP contribution in [0.1, 0.15) is 29.0 Å². The Morgan fingerprint density at radius 3 is 2.80 bits per heavy atom. The zero-order chi connectivity index (χ0) is 20.9. The lowest BCUT2D eigenvalue weighted by molar-refractivity contribution is -0.141. The van der Waals surface area contributed by atoms with Gasteiger partial charge in [0.25, 0.3) is 5.91 Å². The second-order valence-corrected chi connectivity index (χ2v) is 8.47. The second-order valence-electron chi connectivity index (χ2n) is 7.44. The average Bonchev–Trinajstić information content (AvgIpc) is 3.44. The molecule has 2 fully saturated rings. The molecule has 3 atom stereocenters. The molecule has 7 nitrogen and oxygen atoms in total. The average molecular weight is 429 g/mol. The molecule has 0 spiro atoms. The van der Waals surface area contributed by atoms with Gasteiger partial charge in [0.2, 0.25) is 5.91 Å². The van der Waals surface area contributed by atoms with E-state index in [-0.39, 0.29) is 30.2 Å². The number of nitrogens with zero attached hydrogens (tertiary/aromatic N) is 1. The fourth-order valence-electron chi connectivity index (χ4n) is 3.92. The number of nitrogens with one attached hydrogen (secondary N) is 1. The molecule has 2 amide bonds. The van der Waals surface area contributed by atoms with Gasteiger partial charge in [0.1, 0.15) is 18.7 Å². The molecule has 2 saturated heterocycles. The second kappa shape index (κ2) is 9.49. The lowest BCUT2D eigenvalue weighted by Gasteiger charge is -2.37. The van der Waals surface area contributed by atoms with E-state index in [4.69, 9.17) is 9.15 Å². The summed E-state index contributed by atoms with van der Waals surface area (Å²) in [5.41, 5.74) is 1.14. The summed E-state index contributed by atoms with van der Waals surface area (Å²) in [7, 11) is 0. The Balaban J connectivity index is 1.47. The van der Waals surface area contributed by atoms with Crippen LogP contribution in [0, 0.1) is 0 Å². The van der Waals surface area contributed by atoms with Crippen LogP contribution in [0.15, 0.2) is 53.1 Å². The van der Waals surface area contributed by atoms with Crippen molar-refractivity contribution < 1.29 is 23.5 Å². The molecule has 0 aliphatic carbocycles. The molecule has 158 valence electrons. The van der Waals surface area contributed by atoms with Crippen LogP contribution in [0.25, 0.3) is 0 Å². The Bertz CT molecular complexity index is 886. The highest BCUT2D eigenvalue weighted by atomic mass is 32.2. The lowest BCUT2D eigenvalue weighted by Crippen LogP contribution is -2.58. The summed E-state index contributed by atoms with van der Waals surface area (Å²) < 4.78 is 10.7. The van der Waals surface area contributed by atoms with Gasteiger partial charge in [-0.25, -0.2) is 0 Å². The number of fused-ring (bicyclic) bond motifs is 1. The van der Waals surface area contributed by atoms with Crippen LogP contribution in [-0.2, 0) is 20.1 Å². The topological polar surface area (TPSA) is 88.9 Å². The predicted octanol–water partition coefficient (Wildman–Crippen LogP) is 2.27. The third-order valence-electron chi connectivity index (χ3n) is 5.37. The smallest absolute Gasteiger partial charge is 0.287 e. The van der Waals surface area contributed by atoms with Gasteiger partial charge >= 0.3 is 0 Å². The van der Waals surface area contributed by atoms with Crippen molar-refractivity contribution in [3.05, 3.63) is 60.1 Å². The normalized spacial score (nSPS) is 21.9. The molecule has 2 aliphatic heterocycles. The summed E-state index contributed by atoms with van der Waals surface area (Å²) in [6, 6.07) is 11.8. The van der Waals surface area contributed by atoms with E-state index in [1.807, 2.05) is 30.3 Å². The minimum Gasteiger partial charge on any atom is -0.459 e. The summed E-state index contributed by atoms with van der Waals surface area (Å²) >= 11 is 1.56. The van der Waals surface area contributed by atoms with Gasteiger partial charge in [-0.3, -0.25) is 14.4 Å². The monoisotopic (exact) mass is 428 g/mol. The number of carbonyl (C=O) groups is 3. The van der Waals surface area contributed by atoms with Crippen molar-refractivity contribution >= 4 is 29.4 Å². The van der Waals surface area contributed by atoms with Crippen LogP contribution in [0.4, 0.5) is 0 Å². The van der Waals surface area contributed by atoms with Crippen LogP contribution < -0.4 is 5.32 Å². The number of ether oxygens (including phenoxy) is 1. The van der Waals surface area contributed by atoms with Crippen LogP contribution in [0.2, 0.25) is 0 Å². The van der Waals surface area contributed by atoms with Crippen molar-refractivity contribution in [3.63, 3.8) is 0 Å². The lowest BCUT2D eigenvalue weighted by atomic mass is 9.97. The number of furan rings is 1. The minimum atomic E-state index is -0.761. The predicted molar refractivity (Wildman–Crippen MR) is 112 cm³/mol. The van der Waals surface area contributed by atoms with Crippen LogP contribution >= 0.6 is 11.8 Å². The third kappa shape index (κ3) is 4.60. The molecule has 2 aromatic rings. The fourth-order valence-corrected chi connectivity index (χ4v) is 4.93. The molecule has 0 radical (unpaired) electrons. The summed E-state index contributed by atoms with van der Waals surface area (Å²) in [6.45, 7) is 0.539. The number of hydrogen-bond acceptors (Lipinski definition) is 6. The number of benzene rings is 1. The van der Waals surface area contributed by atoms with E-state index >= 15 is 0 Å². The molecule has 2 aliphatic rings. The van der Waals surface area contributed by atoms with Gasteiger partial charge in [-0.1, -0.05) is 30.3 Å². The summed E-state index contributed by atoms with van der Waals surface area (Å²) in [5.74, 6) is 0.502. The standard InChI is InChI=1S/C22H24N2O5S/c25-17-12-29-18-8-4-10-24(20(17)18)22(27)16(23-21(26)19-9-5-11-28-19)14-30-13-15-6-2-1-3-7-15/h1-3,5-7,9,11,16,18,20H,4,8,10,12-14H2,(H,23,26). The minimum absolute atomic E-state index is 0.0469. The van der Waals surface area contributed by atoms with Crippen LogP contribution in [0.5, 0.6) is 0 Å². The number of Topliss-reactive ketones (excluding diaryl/α,β-unsaturated/α-hetero) is 1. The Morgan fingerprint density at radius 2 is 2.03 bits per heavy atom. The zero-order valence-corrected chi connectivity index (χ0v) is 17.3. The van der Waals surface area contributed by atoms with E-state index < -0.39 is 18.0 Å². The molecular weight excluding hydrogens is 404 g/mol. The van der Waals surface area contributed by atoms with Gasteiger partial charge in [-0.15, -0.1) is 0 Å². The quantitative estimate of drug-likeness (QED) is 0.728. The van der Waals surface area contributed by atoms with Crippen molar-refractivity contribution in [2.45, 2.75) is 36.8 Å². The number of carbonyl (C=O) groups excluding carboxylic acids is 3. The number of amides is 2. The Labute approximate surface area is 179 Å². The maximum absolute atomic E-state index is 13.4. The van der Waals surface area contributed by atoms with E-state index in [9.17, 15) is 14.4 Å². The van der Waals surface area contributed by atoms with Crippen molar-refractivity contribution in [1.82, 2.24) is 10.2 Å². The molecule has 1 aromatic heterocycles. The zero-order valence-electron chi connectivity index (χ0n) is 16.5. The molecule has 1 aromatic carbocycles. The maximum atomic E-state index is 13.4. The number of likely N-dealkylation sites (tertiary alicyclic amines) is 1. The molecule has 30 heavy (non-hydrogen) atoms. The van der Waals surface area contributed by atoms with Gasteiger partial charge < -0.3 is 19.4 Å². The third-order valence-corrected chi connectivity index (χ3v) is 6.48. The highest BCUT2D eigenvalue weighted by Crippen LogP contribution is 2.27. The Morgan fingerprint density at radius 1 is 1.20 bits per heavy atom. The first kappa shape index (κ1) is 20.7. The van der Waals surface area contributed by atoms with Crippen molar-refractivity contribution in [2.75, 3.05) is 18.9 Å². The highest BCUT2D eigenvalue weighted by Gasteiger charge is 2.45. The van der Waals surface area contributed by atoms with Gasteiger partial charge in [0, 0.05) is 18.1 Å². The molecule has 3 unspecified atom stereocenters. The van der Waals surface area contributed by atoms with Gasteiger partial charge in [-0.2, -0.15) is 11.8 Å². The Hall–Kier alpha value is -2.58. The van der Waals surface area contributed by atoms with Crippen molar-refractivity contribution in [1.29, 1.82) is 0 Å². The maximum Gasteiger partial charge on any atom is 0.287 e. The molecule has 3 heterocycles. The van der Waals surface area contributed by atoms with Gasteiger partial charge in [0.15, 0.2) is 11.5 Å². The van der Waals surface area contributed by atoms with E-state index in [2.05, 4.69) is 5.32 Å². The highest BCUT2D eigenvalue weighted by molar-refractivity contribution is 7.98. The Kier molecular flexibility index (Phi) is 6.54. The number of rotatable bonds is 7. The van der Waals surface area contributed by atoms with E-state index in [1.54, 1.807) is 28.8 Å². The number of thioether (sulfide) groups is 1. The fraction of sp³-hybridized carbons (Fsp3) is 0.409. The summed E-state index contributed by atoms with van der Waals surface area (Å²) in [5, 5.41) is 2.80. The summed E-state index contributed by atoms with van der Waals surface area (Å²) in [6.07, 6.45) is 2.72. The largest absolute Gasteiger partial charge is 0.459 e. The van der Waals surface area contributed by atoms with Crippen molar-refractivity contribution in [3.8, 4) is 0 Å². The molecular formula is C22H24N2O5S. The number of ketones is 1. The number of hydrogen-bond donors (Lipinski definition) is 1. The van der Waals surface area contributed by atoms with E-state index in [1.165, 1.54) is 6.26 Å².